The van der Waals surface area contributed by atoms with E-state index >= 15 is 0 Å². The maximum Gasteiger partial charge on any atom is 0.407 e. The number of hydrogen-bond acceptors (Lipinski definition) is 9. The van der Waals surface area contributed by atoms with Crippen molar-refractivity contribution >= 4 is 45.8 Å². The number of methoxy groups -OCH3 is 2. The molecular weight excluding hydrogens is 692 g/mol. The average molecular weight is 739 g/mol. The summed E-state index contributed by atoms with van der Waals surface area (Å²) in [7, 11) is 2.51. The summed E-state index contributed by atoms with van der Waals surface area (Å²) in [4.78, 5) is 68.7. The molecule has 0 saturated carbocycles. The van der Waals surface area contributed by atoms with Crippen LogP contribution in [0.2, 0.25) is 0 Å². The molecule has 3 heterocycles. The molecule has 0 aliphatic carbocycles. The summed E-state index contributed by atoms with van der Waals surface area (Å²) in [5.41, 5.74) is 6.45. The molecule has 4 N–H and O–H groups in total. The van der Waals surface area contributed by atoms with Crippen molar-refractivity contribution in [1.29, 1.82) is 0 Å². The zero-order valence-electron chi connectivity index (χ0n) is 31.4. The number of hydrogen-bond donors (Lipinski definition) is 4. The standard InChI is InChI=1S/C39H46N8O7/c1-7-22(3)46(35(48)17-41-38(50)52-5)19-33-40-16-31(44-33)25-9-11-27-26(13-25)21-54-32-15-28-24(14-29(27)32)10-12-30-37(28)45-34(43-30)20-47(23(4)8-2)36(49)18-42-39(51)53-6/h9-16,22-23H,7-8,17-21H2,1-6H3,(H,40,44)(H,41,50)(H,42,51)(H,43,45)/t22-,23-/m0/s1. The lowest BCUT2D eigenvalue weighted by Crippen LogP contribution is -2.44. The van der Waals surface area contributed by atoms with Gasteiger partial charge in [0.15, 0.2) is 0 Å². The Hall–Kier alpha value is -6.12. The molecule has 3 aromatic carbocycles. The van der Waals surface area contributed by atoms with E-state index in [1.807, 2.05) is 52.0 Å². The van der Waals surface area contributed by atoms with Gasteiger partial charge in [0.2, 0.25) is 11.8 Å². The van der Waals surface area contributed by atoms with Crippen LogP contribution in [0.5, 0.6) is 5.75 Å². The molecule has 0 bridgehead atoms. The van der Waals surface area contributed by atoms with Crippen molar-refractivity contribution in [2.45, 2.75) is 72.3 Å². The van der Waals surface area contributed by atoms with Gasteiger partial charge < -0.3 is 44.6 Å². The van der Waals surface area contributed by atoms with Gasteiger partial charge >= 0.3 is 12.2 Å². The van der Waals surface area contributed by atoms with Crippen molar-refractivity contribution in [1.82, 2.24) is 40.4 Å². The number of amides is 4. The summed E-state index contributed by atoms with van der Waals surface area (Å²) >= 11 is 0. The molecule has 54 heavy (non-hydrogen) atoms. The van der Waals surface area contributed by atoms with Crippen LogP contribution in [-0.4, -0.2) is 93.1 Å². The zero-order valence-corrected chi connectivity index (χ0v) is 31.4. The summed E-state index contributed by atoms with van der Waals surface area (Å²) in [6.45, 7) is 8.48. The topological polar surface area (TPSA) is 184 Å². The molecule has 0 fully saturated rings. The number of H-pyrrole nitrogens is 2. The van der Waals surface area contributed by atoms with Crippen LogP contribution in [0, 0.1) is 0 Å². The van der Waals surface area contributed by atoms with E-state index in [2.05, 4.69) is 53.3 Å². The Morgan fingerprint density at radius 1 is 0.833 bits per heavy atom. The highest BCUT2D eigenvalue weighted by Gasteiger charge is 2.25. The number of aromatic nitrogens is 4. The first kappa shape index (κ1) is 37.6. The van der Waals surface area contributed by atoms with Gasteiger partial charge in [-0.15, -0.1) is 0 Å². The van der Waals surface area contributed by atoms with Crippen molar-refractivity contribution in [3.63, 3.8) is 0 Å². The normalized spacial score (nSPS) is 12.9. The van der Waals surface area contributed by atoms with Gasteiger partial charge in [-0.25, -0.2) is 19.6 Å². The number of imidazole rings is 2. The fourth-order valence-electron chi connectivity index (χ4n) is 6.56. The zero-order chi connectivity index (χ0) is 38.5. The summed E-state index contributed by atoms with van der Waals surface area (Å²) in [5.74, 6) is 1.56. The van der Waals surface area contributed by atoms with E-state index in [1.54, 1.807) is 16.0 Å². The van der Waals surface area contributed by atoms with E-state index in [4.69, 9.17) is 9.72 Å². The minimum Gasteiger partial charge on any atom is -0.488 e. The van der Waals surface area contributed by atoms with E-state index in [0.29, 0.717) is 18.3 Å². The molecular formula is C39H46N8O7. The molecule has 4 amide bonds. The van der Waals surface area contributed by atoms with Crippen LogP contribution >= 0.6 is 0 Å². The molecule has 1 aliphatic rings. The van der Waals surface area contributed by atoms with E-state index < -0.39 is 12.2 Å². The van der Waals surface area contributed by atoms with Gasteiger partial charge in [-0.2, -0.15) is 0 Å². The Kier molecular flexibility index (Phi) is 11.3. The fraction of sp³-hybridized carbons (Fsp3) is 0.385. The number of carbonyl (C=O) groups is 4. The van der Waals surface area contributed by atoms with Crippen LogP contribution in [0.3, 0.4) is 0 Å². The molecule has 15 nitrogen and oxygen atoms in total. The monoisotopic (exact) mass is 738 g/mol. The number of alkyl carbamates (subject to hydrolysis) is 2. The second-order valence-electron chi connectivity index (χ2n) is 13.4. The predicted molar refractivity (Wildman–Crippen MR) is 202 cm³/mol. The van der Waals surface area contributed by atoms with E-state index in [1.165, 1.54) is 14.2 Å². The van der Waals surface area contributed by atoms with E-state index in [0.717, 1.165) is 68.3 Å². The summed E-state index contributed by atoms with van der Waals surface area (Å²) in [6.07, 6.45) is 1.92. The van der Waals surface area contributed by atoms with Gasteiger partial charge in [0, 0.05) is 23.0 Å². The van der Waals surface area contributed by atoms with Crippen molar-refractivity contribution in [2.24, 2.45) is 0 Å². The molecule has 2 aromatic heterocycles. The maximum atomic E-state index is 13.1. The summed E-state index contributed by atoms with van der Waals surface area (Å²) in [5, 5.41) is 6.86. The van der Waals surface area contributed by atoms with Gasteiger partial charge in [-0.1, -0.05) is 32.0 Å². The molecule has 2 atom stereocenters. The molecule has 15 heteroatoms. The molecule has 0 saturated heterocycles. The number of nitrogens with one attached hydrogen (secondary N) is 4. The van der Waals surface area contributed by atoms with Crippen LogP contribution in [0.4, 0.5) is 9.59 Å². The first-order chi connectivity index (χ1) is 26.0. The van der Waals surface area contributed by atoms with Gasteiger partial charge in [0.1, 0.15) is 37.1 Å². The maximum absolute atomic E-state index is 13.1. The highest BCUT2D eigenvalue weighted by atomic mass is 16.5. The van der Waals surface area contributed by atoms with Crippen molar-refractivity contribution in [3.05, 3.63) is 65.9 Å². The third-order valence-corrected chi connectivity index (χ3v) is 10.0. The fourth-order valence-corrected chi connectivity index (χ4v) is 6.56. The van der Waals surface area contributed by atoms with Crippen LogP contribution in [0.25, 0.3) is 44.2 Å². The number of ether oxygens (including phenoxy) is 3. The molecule has 1 aliphatic heterocycles. The van der Waals surface area contributed by atoms with Crippen LogP contribution in [-0.2, 0) is 38.8 Å². The minimum absolute atomic E-state index is 0.0625. The Bertz CT molecular complexity index is 2190. The van der Waals surface area contributed by atoms with Gasteiger partial charge in [-0.05, 0) is 73.0 Å². The quantitative estimate of drug-likeness (QED) is 0.119. The van der Waals surface area contributed by atoms with Gasteiger partial charge in [0.05, 0.1) is 50.2 Å². The average Bonchev–Trinajstić information content (AvgIpc) is 3.85. The van der Waals surface area contributed by atoms with Crippen molar-refractivity contribution in [3.8, 4) is 28.1 Å². The Morgan fingerprint density at radius 3 is 2.11 bits per heavy atom. The number of benzene rings is 3. The second-order valence-corrected chi connectivity index (χ2v) is 13.4. The van der Waals surface area contributed by atoms with E-state index in [9.17, 15) is 19.2 Å². The Balaban J connectivity index is 1.22. The lowest BCUT2D eigenvalue weighted by Gasteiger charge is -2.28. The molecule has 5 aromatic rings. The van der Waals surface area contributed by atoms with Gasteiger partial charge in [0.25, 0.3) is 0 Å². The summed E-state index contributed by atoms with van der Waals surface area (Å²) in [6, 6.07) is 14.3. The number of fused-ring (bicyclic) bond motifs is 6. The largest absolute Gasteiger partial charge is 0.488 e. The van der Waals surface area contributed by atoms with Crippen molar-refractivity contribution in [2.75, 3.05) is 27.3 Å². The second kappa shape index (κ2) is 16.3. The Labute approximate surface area is 312 Å². The van der Waals surface area contributed by atoms with Gasteiger partial charge in [-0.3, -0.25) is 9.59 Å². The molecule has 6 rings (SSSR count). The first-order valence-corrected chi connectivity index (χ1v) is 18.0. The SMILES string of the molecule is CC[C@H](C)N(Cc1ncc(-c2ccc3c(c2)COc2cc4c(ccc5[nH]c(CN(C(=O)CNC(=O)OC)[C@@H](C)CC)nc54)cc2-3)[nH]1)C(=O)CNC(=O)OC. The first-order valence-electron chi connectivity index (χ1n) is 18.0. The third kappa shape index (κ3) is 7.94. The summed E-state index contributed by atoms with van der Waals surface area (Å²) < 4.78 is 15.5. The minimum atomic E-state index is -0.660. The number of nitrogens with zero attached hydrogens (tertiary/aromatic N) is 4. The highest BCUT2D eigenvalue weighted by Crippen LogP contribution is 2.42. The number of aromatic amines is 2. The lowest BCUT2D eigenvalue weighted by atomic mass is 9.92. The van der Waals surface area contributed by atoms with Crippen LogP contribution in [0.1, 0.15) is 57.7 Å². The lowest BCUT2D eigenvalue weighted by molar-refractivity contribution is -0.133. The molecule has 0 spiro atoms. The van der Waals surface area contributed by atoms with Crippen LogP contribution < -0.4 is 15.4 Å². The van der Waals surface area contributed by atoms with Crippen LogP contribution in [0.15, 0.2) is 48.7 Å². The molecule has 0 unspecified atom stereocenters. The third-order valence-electron chi connectivity index (χ3n) is 10.0. The smallest absolute Gasteiger partial charge is 0.407 e. The van der Waals surface area contributed by atoms with E-state index in [-0.39, 0.29) is 50.1 Å². The molecule has 0 radical (unpaired) electrons. The highest BCUT2D eigenvalue weighted by molar-refractivity contribution is 6.07. The molecule has 284 valence electrons. The number of carbonyl (C=O) groups excluding carboxylic acids is 4. The Morgan fingerprint density at radius 2 is 1.48 bits per heavy atom. The predicted octanol–water partition coefficient (Wildman–Crippen LogP) is 5.63. The van der Waals surface area contributed by atoms with Crippen molar-refractivity contribution < 1.29 is 33.4 Å². The number of rotatable bonds is 13.